The van der Waals surface area contributed by atoms with Gasteiger partial charge in [-0.25, -0.2) is 19.7 Å². The summed E-state index contributed by atoms with van der Waals surface area (Å²) >= 11 is 6.19. The highest BCUT2D eigenvalue weighted by atomic mass is 35.5. The molecular formula is C22H20ClN5O2. The first-order valence-corrected chi connectivity index (χ1v) is 9.69. The van der Waals surface area contributed by atoms with Crippen molar-refractivity contribution in [1.29, 1.82) is 0 Å². The number of hydrogen-bond acceptors (Lipinski definition) is 4. The highest BCUT2D eigenvalue weighted by molar-refractivity contribution is 6.31. The van der Waals surface area contributed by atoms with E-state index in [0.29, 0.717) is 16.4 Å². The van der Waals surface area contributed by atoms with E-state index in [2.05, 4.69) is 19.9 Å². The van der Waals surface area contributed by atoms with Gasteiger partial charge in [-0.1, -0.05) is 23.7 Å². The molecule has 2 N–H and O–H groups in total. The van der Waals surface area contributed by atoms with Crippen molar-refractivity contribution >= 4 is 34.4 Å². The maximum Gasteiger partial charge on any atom is 0.412 e. The Morgan fingerprint density at radius 1 is 1.07 bits per heavy atom. The summed E-state index contributed by atoms with van der Waals surface area (Å²) in [5, 5.41) is 11.0. The van der Waals surface area contributed by atoms with E-state index >= 15 is 0 Å². The molecule has 0 radical (unpaired) electrons. The lowest BCUT2D eigenvalue weighted by Gasteiger charge is -2.33. The van der Waals surface area contributed by atoms with Gasteiger partial charge in [-0.15, -0.1) is 0 Å². The van der Waals surface area contributed by atoms with Crippen LogP contribution in [0.15, 0.2) is 55.2 Å². The van der Waals surface area contributed by atoms with Crippen molar-refractivity contribution in [3.63, 3.8) is 0 Å². The number of aromatic amines is 1. The number of rotatable bonds is 3. The molecule has 7 nitrogen and oxygen atoms in total. The summed E-state index contributed by atoms with van der Waals surface area (Å²) in [5.41, 5.74) is 4.15. The zero-order valence-electron chi connectivity index (χ0n) is 16.7. The molecule has 152 valence electrons. The number of hydrogen-bond donors (Lipinski definition) is 2. The zero-order valence-corrected chi connectivity index (χ0v) is 17.5. The second-order valence-electron chi connectivity index (χ2n) is 7.89. The predicted molar refractivity (Wildman–Crippen MR) is 118 cm³/mol. The first-order chi connectivity index (χ1) is 14.3. The third-order valence-electron chi connectivity index (χ3n) is 4.74. The zero-order chi connectivity index (χ0) is 21.5. The highest BCUT2D eigenvalue weighted by Crippen LogP contribution is 2.38. The van der Waals surface area contributed by atoms with Gasteiger partial charge in [0.15, 0.2) is 0 Å². The standard InChI is InChI=1S/C22H20ClN5O2/c1-22(2,3)28(21(29)30)16-6-4-13(5-7-16)19-18(14-9-24-12-25-10-14)17-8-15(23)11-26-20(17)27-19/h4-12H,1-3H3,(H,26,27)(H,29,30). The van der Waals surface area contributed by atoms with E-state index in [1.165, 1.54) is 11.2 Å². The van der Waals surface area contributed by atoms with Crippen molar-refractivity contribution in [2.45, 2.75) is 26.3 Å². The minimum Gasteiger partial charge on any atom is -0.465 e. The Bertz CT molecular complexity index is 1210. The Balaban J connectivity index is 1.87. The van der Waals surface area contributed by atoms with E-state index in [1.807, 2.05) is 39.0 Å². The molecule has 4 rings (SSSR count). The van der Waals surface area contributed by atoms with Gasteiger partial charge in [0.05, 0.1) is 10.7 Å². The fourth-order valence-electron chi connectivity index (χ4n) is 3.55. The number of nitrogens with one attached hydrogen (secondary N) is 1. The smallest absolute Gasteiger partial charge is 0.412 e. The summed E-state index contributed by atoms with van der Waals surface area (Å²) < 4.78 is 0. The topological polar surface area (TPSA) is 95.0 Å². The minimum absolute atomic E-state index is 0.531. The maximum absolute atomic E-state index is 11.8. The number of aromatic nitrogens is 4. The molecule has 1 aromatic carbocycles. The van der Waals surface area contributed by atoms with E-state index in [4.69, 9.17) is 11.6 Å². The highest BCUT2D eigenvalue weighted by Gasteiger charge is 2.28. The van der Waals surface area contributed by atoms with E-state index in [-0.39, 0.29) is 0 Å². The molecule has 30 heavy (non-hydrogen) atoms. The summed E-state index contributed by atoms with van der Waals surface area (Å²) in [5.74, 6) is 0. The number of halogens is 1. The van der Waals surface area contributed by atoms with Gasteiger partial charge in [0.1, 0.15) is 12.0 Å². The molecule has 0 unspecified atom stereocenters. The van der Waals surface area contributed by atoms with Crippen LogP contribution in [0, 0.1) is 0 Å². The molecule has 0 aliphatic heterocycles. The third kappa shape index (κ3) is 3.59. The van der Waals surface area contributed by atoms with Gasteiger partial charge in [0.2, 0.25) is 0 Å². The van der Waals surface area contributed by atoms with Gasteiger partial charge in [-0.05, 0) is 44.5 Å². The van der Waals surface area contributed by atoms with Crippen molar-refractivity contribution in [2.24, 2.45) is 0 Å². The second-order valence-corrected chi connectivity index (χ2v) is 8.32. The van der Waals surface area contributed by atoms with Crippen molar-refractivity contribution < 1.29 is 9.90 Å². The quantitative estimate of drug-likeness (QED) is 0.447. The predicted octanol–water partition coefficient (Wildman–Crippen LogP) is 5.62. The molecular weight excluding hydrogens is 402 g/mol. The van der Waals surface area contributed by atoms with Crippen molar-refractivity contribution in [2.75, 3.05) is 4.90 Å². The lowest BCUT2D eigenvalue weighted by molar-refractivity contribution is 0.195. The van der Waals surface area contributed by atoms with Crippen LogP contribution in [0.4, 0.5) is 10.5 Å². The van der Waals surface area contributed by atoms with Crippen LogP contribution >= 0.6 is 11.6 Å². The number of nitrogens with zero attached hydrogens (tertiary/aromatic N) is 4. The number of fused-ring (bicyclic) bond motifs is 1. The summed E-state index contributed by atoms with van der Waals surface area (Å²) in [6.45, 7) is 5.57. The summed E-state index contributed by atoms with van der Waals surface area (Å²) in [4.78, 5) is 29.1. The molecule has 0 aliphatic rings. The molecule has 3 aromatic heterocycles. The van der Waals surface area contributed by atoms with Crippen LogP contribution in [-0.2, 0) is 0 Å². The Labute approximate surface area is 178 Å². The summed E-state index contributed by atoms with van der Waals surface area (Å²) in [7, 11) is 0. The average molecular weight is 422 g/mol. The monoisotopic (exact) mass is 421 g/mol. The van der Waals surface area contributed by atoms with Crippen molar-refractivity contribution in [3.8, 4) is 22.4 Å². The van der Waals surface area contributed by atoms with Gasteiger partial charge < -0.3 is 10.1 Å². The Hall–Kier alpha value is -3.45. The lowest BCUT2D eigenvalue weighted by Crippen LogP contribution is -2.45. The number of carbonyl (C=O) groups is 1. The number of carboxylic acid groups (broad SMARTS) is 1. The first kappa shape index (κ1) is 19.8. The minimum atomic E-state index is -0.998. The fraction of sp³-hybridized carbons (Fsp3) is 0.182. The summed E-state index contributed by atoms with van der Waals surface area (Å²) in [6, 6.07) is 9.22. The average Bonchev–Trinajstić information content (AvgIpc) is 3.06. The van der Waals surface area contributed by atoms with Gasteiger partial charge in [-0.3, -0.25) is 4.90 Å². The SMILES string of the molecule is CC(C)(C)N(C(=O)O)c1ccc(-c2[nH]c3ncc(Cl)cc3c2-c2cncnc2)cc1. The number of H-pyrrole nitrogens is 1. The molecule has 8 heteroatoms. The second kappa shape index (κ2) is 7.42. The third-order valence-corrected chi connectivity index (χ3v) is 4.95. The van der Waals surface area contributed by atoms with Crippen LogP contribution in [0.2, 0.25) is 5.02 Å². The Morgan fingerprint density at radius 3 is 2.33 bits per heavy atom. The van der Waals surface area contributed by atoms with Crippen LogP contribution in [0.25, 0.3) is 33.4 Å². The Kier molecular flexibility index (Phi) is 4.91. The van der Waals surface area contributed by atoms with E-state index < -0.39 is 11.6 Å². The molecule has 0 saturated heterocycles. The van der Waals surface area contributed by atoms with E-state index in [9.17, 15) is 9.90 Å². The maximum atomic E-state index is 11.8. The number of pyridine rings is 1. The molecule has 0 aliphatic carbocycles. The normalized spacial score (nSPS) is 11.6. The molecule has 0 saturated carbocycles. The molecule has 0 bridgehead atoms. The molecule has 4 aromatic rings. The molecule has 1 amide bonds. The van der Waals surface area contributed by atoms with Crippen LogP contribution in [0.1, 0.15) is 20.8 Å². The summed E-state index contributed by atoms with van der Waals surface area (Å²) in [6.07, 6.45) is 5.54. The Morgan fingerprint density at radius 2 is 1.73 bits per heavy atom. The number of benzene rings is 1. The van der Waals surface area contributed by atoms with E-state index in [1.54, 1.807) is 30.7 Å². The first-order valence-electron chi connectivity index (χ1n) is 9.32. The molecule has 3 heterocycles. The lowest BCUT2D eigenvalue weighted by atomic mass is 10.00. The van der Waals surface area contributed by atoms with Gasteiger partial charge in [-0.2, -0.15) is 0 Å². The largest absolute Gasteiger partial charge is 0.465 e. The van der Waals surface area contributed by atoms with Gasteiger partial charge in [0.25, 0.3) is 0 Å². The van der Waals surface area contributed by atoms with Crippen molar-refractivity contribution in [3.05, 3.63) is 60.3 Å². The van der Waals surface area contributed by atoms with Crippen LogP contribution < -0.4 is 4.90 Å². The van der Waals surface area contributed by atoms with Gasteiger partial charge in [0, 0.05) is 46.3 Å². The van der Waals surface area contributed by atoms with Crippen LogP contribution in [-0.4, -0.2) is 36.7 Å². The number of anilines is 1. The fourth-order valence-corrected chi connectivity index (χ4v) is 3.71. The molecule has 0 fully saturated rings. The van der Waals surface area contributed by atoms with E-state index in [0.717, 1.165) is 27.8 Å². The molecule has 0 spiro atoms. The molecule has 0 atom stereocenters. The van der Waals surface area contributed by atoms with Crippen LogP contribution in [0.3, 0.4) is 0 Å². The van der Waals surface area contributed by atoms with Gasteiger partial charge >= 0.3 is 6.09 Å². The number of amides is 1. The van der Waals surface area contributed by atoms with Crippen LogP contribution in [0.5, 0.6) is 0 Å². The van der Waals surface area contributed by atoms with Crippen molar-refractivity contribution in [1.82, 2.24) is 19.9 Å².